The van der Waals surface area contributed by atoms with Crippen molar-refractivity contribution in [3.8, 4) is 17.2 Å². The van der Waals surface area contributed by atoms with Gasteiger partial charge >= 0.3 is 0 Å². The van der Waals surface area contributed by atoms with Gasteiger partial charge in [0.2, 0.25) is 0 Å². The first kappa shape index (κ1) is 24.6. The van der Waals surface area contributed by atoms with Gasteiger partial charge in [0.05, 0.1) is 18.2 Å². The lowest BCUT2D eigenvalue weighted by Gasteiger charge is -2.26. The normalized spacial score (nSPS) is 18.9. The number of aliphatic hydroxyl groups is 1. The van der Waals surface area contributed by atoms with Crippen LogP contribution >= 0.6 is 0 Å². The highest BCUT2D eigenvalue weighted by Gasteiger charge is 2.46. The van der Waals surface area contributed by atoms with E-state index in [-0.39, 0.29) is 11.3 Å². The maximum atomic E-state index is 13.3. The Bertz CT molecular complexity index is 1130. The molecule has 2 aliphatic rings. The summed E-state index contributed by atoms with van der Waals surface area (Å²) in [7, 11) is 3.92. The predicted molar refractivity (Wildman–Crippen MR) is 132 cm³/mol. The monoisotopic (exact) mass is 480 g/mol. The Morgan fingerprint density at radius 1 is 1.11 bits per heavy atom. The van der Waals surface area contributed by atoms with Gasteiger partial charge in [0.1, 0.15) is 24.7 Å². The molecule has 1 fully saturated rings. The molecule has 2 heterocycles. The summed E-state index contributed by atoms with van der Waals surface area (Å²) < 4.78 is 17.0. The van der Waals surface area contributed by atoms with Crippen LogP contribution in [0.15, 0.2) is 48.0 Å². The number of nitrogens with zero attached hydrogens (tertiary/aromatic N) is 2. The van der Waals surface area contributed by atoms with E-state index >= 15 is 0 Å². The Kier molecular flexibility index (Phi) is 7.60. The minimum atomic E-state index is -0.726. The van der Waals surface area contributed by atoms with Crippen molar-refractivity contribution in [2.45, 2.75) is 25.8 Å². The molecule has 0 spiro atoms. The number of fused-ring (bicyclic) bond motifs is 1. The molecule has 0 saturated carbocycles. The van der Waals surface area contributed by atoms with Crippen LogP contribution in [0.4, 0.5) is 0 Å². The minimum Gasteiger partial charge on any atom is -0.507 e. The summed E-state index contributed by atoms with van der Waals surface area (Å²) >= 11 is 0. The third-order valence-corrected chi connectivity index (χ3v) is 6.01. The van der Waals surface area contributed by atoms with Gasteiger partial charge in [-0.2, -0.15) is 0 Å². The topological polar surface area (TPSA) is 88.5 Å². The molecule has 35 heavy (non-hydrogen) atoms. The second kappa shape index (κ2) is 10.8. The lowest BCUT2D eigenvalue weighted by molar-refractivity contribution is -0.139. The molecular formula is C27H32N2O6. The molecule has 1 saturated heterocycles. The largest absolute Gasteiger partial charge is 0.507 e. The number of carbonyl (C=O) groups excluding carboxylic acids is 2. The molecule has 1 unspecified atom stereocenters. The van der Waals surface area contributed by atoms with Crippen LogP contribution in [-0.2, 0) is 9.59 Å². The van der Waals surface area contributed by atoms with Gasteiger partial charge in [-0.3, -0.25) is 9.59 Å². The lowest BCUT2D eigenvalue weighted by atomic mass is 9.95. The minimum absolute atomic E-state index is 0.0594. The van der Waals surface area contributed by atoms with E-state index in [9.17, 15) is 14.7 Å². The number of rotatable bonds is 9. The molecular weight excluding hydrogens is 448 g/mol. The van der Waals surface area contributed by atoms with Crippen LogP contribution < -0.4 is 14.2 Å². The summed E-state index contributed by atoms with van der Waals surface area (Å²) in [5, 5.41) is 11.3. The van der Waals surface area contributed by atoms with Gasteiger partial charge in [0, 0.05) is 12.1 Å². The van der Waals surface area contributed by atoms with Crippen LogP contribution in [-0.4, -0.2) is 73.6 Å². The number of hydrogen-bond donors (Lipinski definition) is 1. The second-order valence-electron chi connectivity index (χ2n) is 8.93. The van der Waals surface area contributed by atoms with Crippen molar-refractivity contribution in [3.63, 3.8) is 0 Å². The number of Topliss-reactive ketones (excluding diaryl/α,β-unsaturated/α-hetero) is 1. The van der Waals surface area contributed by atoms with Gasteiger partial charge in [0.15, 0.2) is 11.5 Å². The molecule has 8 heteroatoms. The van der Waals surface area contributed by atoms with Crippen molar-refractivity contribution in [1.82, 2.24) is 9.80 Å². The molecule has 186 valence electrons. The summed E-state index contributed by atoms with van der Waals surface area (Å²) in [6.07, 6.45) is 1.55. The summed E-state index contributed by atoms with van der Waals surface area (Å²) in [5.41, 5.74) is 1.16. The van der Waals surface area contributed by atoms with Crippen molar-refractivity contribution in [3.05, 3.63) is 59.2 Å². The first-order chi connectivity index (χ1) is 16.9. The van der Waals surface area contributed by atoms with Crippen LogP contribution in [0.5, 0.6) is 17.2 Å². The fourth-order valence-corrected chi connectivity index (χ4v) is 4.35. The van der Waals surface area contributed by atoms with Gasteiger partial charge in [-0.1, -0.05) is 19.1 Å². The second-order valence-corrected chi connectivity index (χ2v) is 8.93. The van der Waals surface area contributed by atoms with Gasteiger partial charge in [0.25, 0.3) is 11.7 Å². The summed E-state index contributed by atoms with van der Waals surface area (Å²) in [6.45, 7) is 4.58. The van der Waals surface area contributed by atoms with Gasteiger partial charge < -0.3 is 29.1 Å². The average molecular weight is 481 g/mol. The van der Waals surface area contributed by atoms with Crippen LogP contribution in [0.2, 0.25) is 0 Å². The maximum Gasteiger partial charge on any atom is 0.295 e. The van der Waals surface area contributed by atoms with Crippen LogP contribution in [0.1, 0.15) is 36.9 Å². The Balaban J connectivity index is 1.77. The number of aliphatic hydroxyl groups excluding tert-OH is 1. The number of ketones is 1. The van der Waals surface area contributed by atoms with E-state index < -0.39 is 17.7 Å². The summed E-state index contributed by atoms with van der Waals surface area (Å²) in [6, 6.07) is 11.7. The average Bonchev–Trinajstić information content (AvgIpc) is 3.11. The number of carbonyl (C=O) groups is 2. The van der Waals surface area contributed by atoms with E-state index in [1.54, 1.807) is 23.1 Å². The molecule has 2 aromatic carbocycles. The first-order valence-corrected chi connectivity index (χ1v) is 12.0. The van der Waals surface area contributed by atoms with Gasteiger partial charge in [-0.15, -0.1) is 0 Å². The third-order valence-electron chi connectivity index (χ3n) is 6.01. The highest BCUT2D eigenvalue weighted by Crippen LogP contribution is 2.41. The van der Waals surface area contributed by atoms with Crippen molar-refractivity contribution < 1.29 is 28.9 Å². The van der Waals surface area contributed by atoms with Gasteiger partial charge in [-0.05, 0) is 69.4 Å². The summed E-state index contributed by atoms with van der Waals surface area (Å²) in [5.74, 6) is 0.170. The lowest BCUT2D eigenvalue weighted by Crippen LogP contribution is -2.32. The highest BCUT2D eigenvalue weighted by molar-refractivity contribution is 6.46. The fourth-order valence-electron chi connectivity index (χ4n) is 4.35. The van der Waals surface area contributed by atoms with E-state index in [1.807, 2.05) is 50.2 Å². The number of benzene rings is 2. The zero-order chi connectivity index (χ0) is 24.9. The Hall–Kier alpha value is -3.52. The van der Waals surface area contributed by atoms with E-state index in [0.717, 1.165) is 13.0 Å². The van der Waals surface area contributed by atoms with Crippen molar-refractivity contribution in [1.29, 1.82) is 0 Å². The molecule has 1 N–H and O–H groups in total. The Labute approximate surface area is 205 Å². The van der Waals surface area contributed by atoms with Crippen molar-refractivity contribution in [2.24, 2.45) is 0 Å². The Morgan fingerprint density at radius 2 is 1.89 bits per heavy atom. The highest BCUT2D eigenvalue weighted by atomic mass is 16.6. The molecule has 0 radical (unpaired) electrons. The Morgan fingerprint density at radius 3 is 2.63 bits per heavy atom. The molecule has 0 aromatic heterocycles. The number of hydrogen-bond acceptors (Lipinski definition) is 7. The van der Waals surface area contributed by atoms with E-state index in [4.69, 9.17) is 14.2 Å². The van der Waals surface area contributed by atoms with Crippen LogP contribution in [0.3, 0.4) is 0 Å². The quantitative estimate of drug-likeness (QED) is 0.333. The van der Waals surface area contributed by atoms with E-state index in [0.29, 0.717) is 61.2 Å². The zero-order valence-corrected chi connectivity index (χ0v) is 20.5. The van der Waals surface area contributed by atoms with Gasteiger partial charge in [-0.25, -0.2) is 0 Å². The smallest absolute Gasteiger partial charge is 0.295 e. The fraction of sp³-hybridized carbons (Fsp3) is 0.407. The molecule has 1 amide bonds. The van der Waals surface area contributed by atoms with E-state index in [2.05, 4.69) is 0 Å². The molecule has 8 nitrogen and oxygen atoms in total. The summed E-state index contributed by atoms with van der Waals surface area (Å²) in [4.78, 5) is 30.0. The van der Waals surface area contributed by atoms with Crippen molar-refractivity contribution in [2.75, 3.05) is 47.0 Å². The van der Waals surface area contributed by atoms with Crippen LogP contribution in [0, 0.1) is 0 Å². The molecule has 2 aromatic rings. The maximum absolute atomic E-state index is 13.3. The number of likely N-dealkylation sites (tertiary alicyclic amines) is 1. The molecule has 4 rings (SSSR count). The predicted octanol–water partition coefficient (Wildman–Crippen LogP) is 3.62. The molecule has 2 aliphatic heterocycles. The molecule has 0 bridgehead atoms. The van der Waals surface area contributed by atoms with Crippen molar-refractivity contribution >= 4 is 17.4 Å². The molecule has 1 atom stereocenters. The number of amides is 1. The van der Waals surface area contributed by atoms with E-state index in [1.165, 1.54) is 0 Å². The number of ether oxygens (including phenoxy) is 3. The van der Waals surface area contributed by atoms with Crippen LogP contribution in [0.25, 0.3) is 5.76 Å². The third kappa shape index (κ3) is 5.27. The first-order valence-electron chi connectivity index (χ1n) is 12.0. The zero-order valence-electron chi connectivity index (χ0n) is 20.5. The standard InChI is InChI=1S/C27H32N2O6/c1-4-13-33-20-8-5-7-18(16-20)24-23(26(31)27(32)29(24)12-6-11-28(2)3)25(30)19-9-10-21-22(17-19)35-15-14-34-21/h5,7-10,16-17,24,30H,4,6,11-15H2,1-3H3/b25-23+. The SMILES string of the molecule is CCCOc1cccc(C2/C(=C(\O)c3ccc4c(c3)OCCO4)C(=O)C(=O)N2CCCN(C)C)c1. The molecule has 0 aliphatic carbocycles.